The Labute approximate surface area is 193 Å². The average molecular weight is 479 g/mol. The Kier molecular flexibility index (Phi) is 6.69. The highest BCUT2D eigenvalue weighted by molar-refractivity contribution is 7.18. The molecule has 0 spiro atoms. The molecule has 1 aromatic carbocycles. The highest BCUT2D eigenvalue weighted by atomic mass is 32.1. The average Bonchev–Trinajstić information content (AvgIpc) is 3.09. The number of rotatable bonds is 6. The number of nitrogens with one attached hydrogen (secondary N) is 1. The molecule has 3 aromatic rings. The van der Waals surface area contributed by atoms with Crippen LogP contribution in [0.25, 0.3) is 15.9 Å². The van der Waals surface area contributed by atoms with Crippen LogP contribution < -0.4 is 11.1 Å². The van der Waals surface area contributed by atoms with E-state index in [9.17, 15) is 23.1 Å². The topological polar surface area (TPSA) is 101 Å². The van der Waals surface area contributed by atoms with Gasteiger partial charge in [0.05, 0.1) is 21.0 Å². The van der Waals surface area contributed by atoms with Crippen molar-refractivity contribution in [3.8, 4) is 5.75 Å². The number of phenols is 1. The molecular formula is C23H25F3N4O2S. The third kappa shape index (κ3) is 4.66. The molecule has 1 amide bonds. The summed E-state index contributed by atoms with van der Waals surface area (Å²) in [4.78, 5) is 20.6. The highest BCUT2D eigenvalue weighted by Crippen LogP contribution is 2.41. The number of phenolic OH excluding ortho intramolecular Hbond substituents is 1. The number of benzene rings is 1. The number of halogens is 3. The highest BCUT2D eigenvalue weighted by Gasteiger charge is 2.40. The normalized spacial score (nSPS) is 12.7. The van der Waals surface area contributed by atoms with Crippen molar-refractivity contribution in [2.24, 2.45) is 5.73 Å². The number of amides is 1. The number of aryl methyl sites for hydroxylation is 3. The molecule has 4 N–H and O–H groups in total. The maximum atomic E-state index is 14.1. The van der Waals surface area contributed by atoms with Crippen LogP contribution in [0.15, 0.2) is 17.8 Å². The Morgan fingerprint density at radius 2 is 1.82 bits per heavy atom. The number of aromatic hydroxyl groups is 1. The van der Waals surface area contributed by atoms with Gasteiger partial charge in [0, 0.05) is 11.3 Å². The summed E-state index contributed by atoms with van der Waals surface area (Å²) in [5.74, 6) is -1.11. The summed E-state index contributed by atoms with van der Waals surface area (Å²) in [6.45, 7) is 8.62. The maximum absolute atomic E-state index is 14.1. The molecule has 0 aliphatic carbocycles. The molecule has 0 saturated carbocycles. The van der Waals surface area contributed by atoms with Crippen molar-refractivity contribution in [1.29, 1.82) is 0 Å². The van der Waals surface area contributed by atoms with E-state index in [-0.39, 0.29) is 40.2 Å². The molecule has 2 aromatic heterocycles. The van der Waals surface area contributed by atoms with Gasteiger partial charge < -0.3 is 16.2 Å². The van der Waals surface area contributed by atoms with Crippen LogP contribution in [0.2, 0.25) is 0 Å². The first-order valence-corrected chi connectivity index (χ1v) is 11.1. The lowest BCUT2D eigenvalue weighted by Gasteiger charge is -2.22. The lowest BCUT2D eigenvalue weighted by molar-refractivity contribution is -0.141. The lowest BCUT2D eigenvalue weighted by Crippen LogP contribution is -2.23. The van der Waals surface area contributed by atoms with Crippen molar-refractivity contribution in [2.45, 2.75) is 53.6 Å². The van der Waals surface area contributed by atoms with Gasteiger partial charge in [-0.3, -0.25) is 4.79 Å². The number of nitrogens with zero attached hydrogens (tertiary/aromatic N) is 2. The van der Waals surface area contributed by atoms with Crippen LogP contribution in [0.5, 0.6) is 5.75 Å². The zero-order chi connectivity index (χ0) is 24.7. The van der Waals surface area contributed by atoms with Crippen molar-refractivity contribution in [2.75, 3.05) is 5.32 Å². The van der Waals surface area contributed by atoms with Crippen LogP contribution in [0.1, 0.15) is 52.7 Å². The standard InChI is InChI=1S/C23H25F3N4O2S/c1-6-7-14(29-18-11(3)10(2)8-9-15(18)31)17(21(27)32)16-12(4)19-22(28-13(5)33-19)30-20(16)23(24,25)26/h8-9,29,31H,6-7H2,1-5H3,(H2,27,32)/b17-14-. The number of carbonyl (C=O) groups is 1. The lowest BCUT2D eigenvalue weighted by atomic mass is 9.94. The Morgan fingerprint density at radius 1 is 1.15 bits per heavy atom. The second-order valence-corrected chi connectivity index (χ2v) is 9.04. The number of aromatic nitrogens is 2. The molecule has 0 aliphatic heterocycles. The Hall–Kier alpha value is -3.14. The molecule has 10 heteroatoms. The van der Waals surface area contributed by atoms with E-state index in [4.69, 9.17) is 5.73 Å². The van der Waals surface area contributed by atoms with Crippen LogP contribution >= 0.6 is 11.3 Å². The van der Waals surface area contributed by atoms with Crippen molar-refractivity contribution >= 4 is 38.9 Å². The molecule has 3 rings (SSSR count). The summed E-state index contributed by atoms with van der Waals surface area (Å²) < 4.78 is 42.8. The molecular weight excluding hydrogens is 453 g/mol. The number of primary amides is 1. The van der Waals surface area contributed by atoms with Crippen LogP contribution in [-0.2, 0) is 11.0 Å². The molecule has 0 unspecified atom stereocenters. The molecule has 6 nitrogen and oxygen atoms in total. The minimum Gasteiger partial charge on any atom is -0.506 e. The maximum Gasteiger partial charge on any atom is 0.434 e. The monoisotopic (exact) mass is 478 g/mol. The third-order valence-corrected chi connectivity index (χ3v) is 6.52. The number of allylic oxidation sites excluding steroid dienone is 1. The molecule has 0 fully saturated rings. The van der Waals surface area contributed by atoms with Gasteiger partial charge in [-0.15, -0.1) is 11.3 Å². The summed E-state index contributed by atoms with van der Waals surface area (Å²) >= 11 is 1.20. The van der Waals surface area contributed by atoms with Crippen LogP contribution in [0, 0.1) is 27.7 Å². The Balaban J connectivity index is 2.41. The number of alkyl halides is 3. The molecule has 0 bridgehead atoms. The van der Waals surface area contributed by atoms with E-state index in [0.717, 1.165) is 5.56 Å². The predicted octanol–water partition coefficient (Wildman–Crippen LogP) is 5.76. The van der Waals surface area contributed by atoms with E-state index in [0.29, 0.717) is 27.4 Å². The number of carbonyl (C=O) groups excluding carboxylic acids is 1. The minimum atomic E-state index is -4.84. The fourth-order valence-corrected chi connectivity index (χ4v) is 4.60. The zero-order valence-corrected chi connectivity index (χ0v) is 19.8. The molecule has 0 atom stereocenters. The van der Waals surface area contributed by atoms with Crippen molar-refractivity contribution < 1.29 is 23.1 Å². The Morgan fingerprint density at radius 3 is 2.39 bits per heavy atom. The van der Waals surface area contributed by atoms with E-state index in [2.05, 4.69) is 15.3 Å². The van der Waals surface area contributed by atoms with Gasteiger partial charge in [-0.25, -0.2) is 9.97 Å². The third-order valence-electron chi connectivity index (χ3n) is 5.44. The van der Waals surface area contributed by atoms with Crippen molar-refractivity contribution in [1.82, 2.24) is 9.97 Å². The molecule has 0 radical (unpaired) electrons. The van der Waals surface area contributed by atoms with Gasteiger partial charge in [-0.2, -0.15) is 13.2 Å². The second kappa shape index (κ2) is 9.01. The number of hydrogen-bond donors (Lipinski definition) is 3. The number of thiazole rings is 1. The van der Waals surface area contributed by atoms with Gasteiger partial charge in [0.1, 0.15) is 5.75 Å². The van der Waals surface area contributed by atoms with Crippen molar-refractivity contribution in [3.05, 3.63) is 50.8 Å². The van der Waals surface area contributed by atoms with E-state index < -0.39 is 17.8 Å². The molecule has 0 saturated heterocycles. The number of anilines is 1. The van der Waals surface area contributed by atoms with E-state index >= 15 is 0 Å². The van der Waals surface area contributed by atoms with Crippen molar-refractivity contribution in [3.63, 3.8) is 0 Å². The van der Waals surface area contributed by atoms with E-state index in [1.807, 2.05) is 13.8 Å². The number of fused-ring (bicyclic) bond motifs is 1. The molecule has 33 heavy (non-hydrogen) atoms. The predicted molar refractivity (Wildman–Crippen MR) is 124 cm³/mol. The summed E-state index contributed by atoms with van der Waals surface area (Å²) in [6.07, 6.45) is -4.10. The number of nitrogens with two attached hydrogens (primary N) is 1. The minimum absolute atomic E-state index is 0.0212. The van der Waals surface area contributed by atoms with Gasteiger partial charge in [0.2, 0.25) is 0 Å². The van der Waals surface area contributed by atoms with Crippen LogP contribution in [0.4, 0.5) is 18.9 Å². The van der Waals surface area contributed by atoms with Gasteiger partial charge in [0.15, 0.2) is 11.3 Å². The smallest absolute Gasteiger partial charge is 0.434 e. The summed E-state index contributed by atoms with van der Waals surface area (Å²) in [5, 5.41) is 14.0. The summed E-state index contributed by atoms with van der Waals surface area (Å²) in [6, 6.07) is 3.21. The largest absolute Gasteiger partial charge is 0.506 e. The van der Waals surface area contributed by atoms with Gasteiger partial charge >= 0.3 is 6.18 Å². The van der Waals surface area contributed by atoms with Gasteiger partial charge in [0.25, 0.3) is 5.91 Å². The first-order valence-electron chi connectivity index (χ1n) is 10.3. The Bertz CT molecular complexity index is 1280. The number of hydrogen-bond acceptors (Lipinski definition) is 6. The molecule has 0 aliphatic rings. The number of pyridine rings is 1. The zero-order valence-electron chi connectivity index (χ0n) is 18.9. The molecule has 176 valence electrons. The first-order chi connectivity index (χ1) is 15.4. The van der Waals surface area contributed by atoms with Gasteiger partial charge in [-0.05, 0) is 56.9 Å². The van der Waals surface area contributed by atoms with Crippen LogP contribution in [0.3, 0.4) is 0 Å². The fourth-order valence-electron chi connectivity index (χ4n) is 3.73. The van der Waals surface area contributed by atoms with Gasteiger partial charge in [-0.1, -0.05) is 19.4 Å². The summed E-state index contributed by atoms with van der Waals surface area (Å²) in [7, 11) is 0. The van der Waals surface area contributed by atoms with E-state index in [1.54, 1.807) is 19.9 Å². The van der Waals surface area contributed by atoms with E-state index in [1.165, 1.54) is 24.3 Å². The van der Waals surface area contributed by atoms with Crippen LogP contribution in [-0.4, -0.2) is 21.0 Å². The summed E-state index contributed by atoms with van der Waals surface area (Å²) in [5.41, 5.74) is 6.06. The fraction of sp³-hybridized carbons (Fsp3) is 0.348. The SMILES string of the molecule is CCC/C(Nc1c(O)ccc(C)c1C)=C(/C(N)=O)c1c(C(F)(F)F)nc2nc(C)sc2c1C. The second-order valence-electron chi connectivity index (χ2n) is 7.84. The molecule has 2 heterocycles. The quantitative estimate of drug-likeness (QED) is 0.309. The first kappa shape index (κ1) is 24.5.